The molecular weight excluding hydrogens is 300 g/mol. The van der Waals surface area contributed by atoms with Crippen LogP contribution in [-0.2, 0) is 0 Å². The molecule has 0 radical (unpaired) electrons. The van der Waals surface area contributed by atoms with Gasteiger partial charge in [0.05, 0.1) is 17.8 Å². The van der Waals surface area contributed by atoms with Gasteiger partial charge in [-0.05, 0) is 12.1 Å². The van der Waals surface area contributed by atoms with E-state index in [2.05, 4.69) is 9.97 Å². The van der Waals surface area contributed by atoms with Crippen molar-refractivity contribution in [3.63, 3.8) is 0 Å². The van der Waals surface area contributed by atoms with Crippen molar-refractivity contribution in [3.05, 3.63) is 42.2 Å². The van der Waals surface area contributed by atoms with Crippen LogP contribution in [0.25, 0.3) is 21.8 Å². The Labute approximate surface area is 131 Å². The molecule has 0 aliphatic carbocycles. The van der Waals surface area contributed by atoms with Gasteiger partial charge >= 0.3 is 0 Å². The van der Waals surface area contributed by atoms with Crippen LogP contribution in [0, 0.1) is 0 Å². The fraction of sp³-hybridized carbons (Fsp3) is 0.312. The molecule has 0 aliphatic heterocycles. The van der Waals surface area contributed by atoms with Gasteiger partial charge in [0.2, 0.25) is 0 Å². The number of aliphatic hydroxyl groups excluding tert-OH is 5. The van der Waals surface area contributed by atoms with Crippen molar-refractivity contribution in [3.8, 4) is 0 Å². The number of para-hydroxylation sites is 1. The number of aliphatic hydroxyl groups is 5. The Morgan fingerprint density at radius 1 is 0.957 bits per heavy atom. The number of hydrogen-bond donors (Lipinski definition) is 6. The molecule has 3 rings (SSSR count). The maximum Gasteiger partial charge on any atom is 0.126 e. The minimum absolute atomic E-state index is 0.162. The summed E-state index contributed by atoms with van der Waals surface area (Å²) < 4.78 is 0. The van der Waals surface area contributed by atoms with E-state index in [-0.39, 0.29) is 5.69 Å². The predicted octanol–water partition coefficient (Wildman–Crippen LogP) is -0.175. The van der Waals surface area contributed by atoms with Crippen LogP contribution >= 0.6 is 0 Å². The summed E-state index contributed by atoms with van der Waals surface area (Å²) in [6, 6.07) is 9.35. The van der Waals surface area contributed by atoms with E-state index < -0.39 is 31.0 Å². The standard InChI is InChI=1S/C16H18N2O5/c19-7-11(20)14(21)16(23)15(22)13-12-9(5-6-17-13)8-3-1-2-4-10(8)18-12/h1-6,11,14-16,18-23H,7H2/t11-,14+,15-,16+/m1/s1. The van der Waals surface area contributed by atoms with E-state index in [0.717, 1.165) is 16.3 Å². The van der Waals surface area contributed by atoms with Gasteiger partial charge in [-0.1, -0.05) is 18.2 Å². The Bertz CT molecular complexity index is 818. The molecule has 0 saturated heterocycles. The van der Waals surface area contributed by atoms with Crippen LogP contribution in [0.3, 0.4) is 0 Å². The molecule has 0 aliphatic rings. The van der Waals surface area contributed by atoms with E-state index in [9.17, 15) is 20.4 Å². The van der Waals surface area contributed by atoms with Crippen molar-refractivity contribution in [2.45, 2.75) is 24.4 Å². The highest BCUT2D eigenvalue weighted by molar-refractivity contribution is 6.07. The van der Waals surface area contributed by atoms with Crippen LogP contribution in [0.4, 0.5) is 0 Å². The highest BCUT2D eigenvalue weighted by atomic mass is 16.4. The summed E-state index contributed by atoms with van der Waals surface area (Å²) in [6.07, 6.45) is -4.97. The molecule has 6 N–H and O–H groups in total. The number of H-pyrrole nitrogens is 1. The molecule has 0 spiro atoms. The van der Waals surface area contributed by atoms with Gasteiger partial charge < -0.3 is 30.5 Å². The first-order valence-corrected chi connectivity index (χ1v) is 7.23. The normalized spacial score (nSPS) is 17.3. The average Bonchev–Trinajstić information content (AvgIpc) is 2.97. The van der Waals surface area contributed by atoms with E-state index in [4.69, 9.17) is 5.11 Å². The van der Waals surface area contributed by atoms with Gasteiger partial charge in [0.1, 0.15) is 24.4 Å². The summed E-state index contributed by atoms with van der Waals surface area (Å²) in [7, 11) is 0. The maximum atomic E-state index is 10.3. The molecule has 0 fully saturated rings. The first-order valence-electron chi connectivity index (χ1n) is 7.23. The number of benzene rings is 1. The third-order valence-corrected chi connectivity index (χ3v) is 3.99. The van der Waals surface area contributed by atoms with Gasteiger partial charge in [-0.3, -0.25) is 4.98 Å². The van der Waals surface area contributed by atoms with Gasteiger partial charge in [-0.15, -0.1) is 0 Å². The molecular formula is C16H18N2O5. The lowest BCUT2D eigenvalue weighted by molar-refractivity contribution is -0.116. The predicted molar refractivity (Wildman–Crippen MR) is 83.7 cm³/mol. The molecule has 0 saturated carbocycles. The van der Waals surface area contributed by atoms with Crippen LogP contribution in [-0.4, -0.2) is 60.4 Å². The molecule has 0 bridgehead atoms. The highest BCUT2D eigenvalue weighted by Crippen LogP contribution is 2.30. The second-order valence-electron chi connectivity index (χ2n) is 5.47. The first-order chi connectivity index (χ1) is 11.0. The van der Waals surface area contributed by atoms with Gasteiger partial charge in [0, 0.05) is 22.5 Å². The summed E-state index contributed by atoms with van der Waals surface area (Å²) in [5.74, 6) is 0. The van der Waals surface area contributed by atoms with Crippen molar-refractivity contribution in [2.75, 3.05) is 6.61 Å². The topological polar surface area (TPSA) is 130 Å². The molecule has 2 heterocycles. The van der Waals surface area contributed by atoms with Gasteiger partial charge in [0.25, 0.3) is 0 Å². The quantitative estimate of drug-likeness (QED) is 0.387. The Morgan fingerprint density at radius 2 is 1.70 bits per heavy atom. The Morgan fingerprint density at radius 3 is 2.43 bits per heavy atom. The number of hydrogen-bond acceptors (Lipinski definition) is 6. The zero-order valence-electron chi connectivity index (χ0n) is 12.2. The summed E-state index contributed by atoms with van der Waals surface area (Å²) in [6.45, 7) is -0.727. The first kappa shape index (κ1) is 15.9. The largest absolute Gasteiger partial charge is 0.394 e. The number of nitrogens with zero attached hydrogens (tertiary/aromatic N) is 1. The Kier molecular flexibility index (Phi) is 4.29. The number of aromatic nitrogens is 2. The zero-order valence-corrected chi connectivity index (χ0v) is 12.2. The van der Waals surface area contributed by atoms with E-state index in [1.807, 2.05) is 24.3 Å². The minimum Gasteiger partial charge on any atom is -0.394 e. The second kappa shape index (κ2) is 6.23. The minimum atomic E-state index is -1.70. The molecule has 0 amide bonds. The van der Waals surface area contributed by atoms with Crippen molar-refractivity contribution in [1.82, 2.24) is 9.97 Å². The van der Waals surface area contributed by atoms with E-state index in [1.54, 1.807) is 6.07 Å². The molecule has 0 unspecified atom stereocenters. The van der Waals surface area contributed by atoms with E-state index in [1.165, 1.54) is 6.20 Å². The molecule has 1 aromatic carbocycles. The third-order valence-electron chi connectivity index (χ3n) is 3.99. The molecule has 7 heteroatoms. The fourth-order valence-corrected chi connectivity index (χ4v) is 2.70. The monoisotopic (exact) mass is 318 g/mol. The summed E-state index contributed by atoms with van der Waals surface area (Å²) >= 11 is 0. The Balaban J connectivity index is 2.05. The van der Waals surface area contributed by atoms with Crippen LogP contribution < -0.4 is 0 Å². The van der Waals surface area contributed by atoms with Crippen LogP contribution in [0.2, 0.25) is 0 Å². The number of nitrogens with one attached hydrogen (secondary N) is 1. The smallest absolute Gasteiger partial charge is 0.126 e. The molecule has 122 valence electrons. The molecule has 3 aromatic rings. The lowest BCUT2D eigenvalue weighted by Crippen LogP contribution is -2.42. The van der Waals surface area contributed by atoms with Crippen LogP contribution in [0.5, 0.6) is 0 Å². The Hall–Kier alpha value is -2.03. The van der Waals surface area contributed by atoms with E-state index >= 15 is 0 Å². The van der Waals surface area contributed by atoms with Crippen LogP contribution in [0.15, 0.2) is 36.5 Å². The fourth-order valence-electron chi connectivity index (χ4n) is 2.70. The number of rotatable bonds is 5. The number of aromatic amines is 1. The van der Waals surface area contributed by atoms with E-state index in [0.29, 0.717) is 5.52 Å². The summed E-state index contributed by atoms with van der Waals surface area (Å²) in [5, 5.41) is 50.2. The lowest BCUT2D eigenvalue weighted by Gasteiger charge is -2.25. The van der Waals surface area contributed by atoms with Gasteiger partial charge in [-0.25, -0.2) is 0 Å². The van der Waals surface area contributed by atoms with Crippen molar-refractivity contribution < 1.29 is 25.5 Å². The second-order valence-corrected chi connectivity index (χ2v) is 5.47. The van der Waals surface area contributed by atoms with Gasteiger partial charge in [0.15, 0.2) is 0 Å². The average molecular weight is 318 g/mol. The van der Waals surface area contributed by atoms with Crippen molar-refractivity contribution >= 4 is 21.8 Å². The van der Waals surface area contributed by atoms with Gasteiger partial charge in [-0.2, -0.15) is 0 Å². The molecule has 23 heavy (non-hydrogen) atoms. The molecule has 2 aromatic heterocycles. The van der Waals surface area contributed by atoms with Crippen molar-refractivity contribution in [1.29, 1.82) is 0 Å². The summed E-state index contributed by atoms with van der Waals surface area (Å²) in [4.78, 5) is 7.23. The molecule has 7 nitrogen and oxygen atoms in total. The SMILES string of the molecule is OC[C@@H](O)[C@H](O)[C@H](O)[C@H](O)c1nccc2c1[nH]c1ccccc12. The molecule has 4 atom stereocenters. The summed E-state index contributed by atoms with van der Waals surface area (Å²) in [5.41, 5.74) is 1.57. The number of fused-ring (bicyclic) bond motifs is 3. The van der Waals surface area contributed by atoms with Crippen molar-refractivity contribution in [2.24, 2.45) is 0 Å². The lowest BCUT2D eigenvalue weighted by atomic mass is 9.99. The highest BCUT2D eigenvalue weighted by Gasteiger charge is 2.32. The number of pyridine rings is 1. The van der Waals surface area contributed by atoms with Crippen LogP contribution in [0.1, 0.15) is 11.8 Å². The zero-order chi connectivity index (χ0) is 16.6. The third kappa shape index (κ3) is 2.69. The maximum absolute atomic E-state index is 10.3.